The van der Waals surface area contributed by atoms with Gasteiger partial charge >= 0.3 is 5.97 Å². The number of hydrogen-bond donors (Lipinski definition) is 1. The molecule has 1 aromatic rings. The summed E-state index contributed by atoms with van der Waals surface area (Å²) < 4.78 is 12.6. The topological polar surface area (TPSA) is 37.3 Å². The third kappa shape index (κ3) is 3.39. The maximum absolute atomic E-state index is 12.6. The van der Waals surface area contributed by atoms with Crippen molar-refractivity contribution in [3.05, 3.63) is 35.6 Å². The fourth-order valence-corrected chi connectivity index (χ4v) is 0.869. The van der Waals surface area contributed by atoms with E-state index in [1.165, 1.54) is 12.1 Å². The van der Waals surface area contributed by atoms with Crippen LogP contribution >= 0.6 is 0 Å². The van der Waals surface area contributed by atoms with Crippen molar-refractivity contribution < 1.29 is 14.3 Å². The maximum Gasteiger partial charge on any atom is 0.381 e. The zero-order valence-corrected chi connectivity index (χ0v) is 6.75. The van der Waals surface area contributed by atoms with Gasteiger partial charge in [-0.05, 0) is 17.7 Å². The zero-order valence-electron chi connectivity index (χ0n) is 6.75. The highest BCUT2D eigenvalue weighted by atomic mass is 19.1. The van der Waals surface area contributed by atoms with Gasteiger partial charge in [0, 0.05) is 12.3 Å². The monoisotopic (exact) mass is 178 g/mol. The lowest BCUT2D eigenvalue weighted by atomic mass is 10.1. The van der Waals surface area contributed by atoms with Crippen molar-refractivity contribution in [3.63, 3.8) is 0 Å². The Morgan fingerprint density at radius 2 is 2.31 bits per heavy atom. The van der Waals surface area contributed by atoms with Gasteiger partial charge in [0.1, 0.15) is 5.82 Å². The second-order valence-electron chi connectivity index (χ2n) is 2.41. The summed E-state index contributed by atoms with van der Waals surface area (Å²) in [4.78, 5) is 10.0. The molecule has 0 amide bonds. The molecule has 0 bridgehead atoms. The van der Waals surface area contributed by atoms with Crippen molar-refractivity contribution in [2.75, 3.05) is 0 Å². The summed E-state index contributed by atoms with van der Waals surface area (Å²) in [6, 6.07) is 5.91. The Balaban J connectivity index is 2.66. The van der Waals surface area contributed by atoms with Gasteiger partial charge < -0.3 is 5.11 Å². The van der Waals surface area contributed by atoms with Crippen molar-refractivity contribution in [1.29, 1.82) is 0 Å². The molecule has 2 nitrogen and oxygen atoms in total. The minimum Gasteiger partial charge on any atom is -0.472 e. The Bertz CT molecular complexity index is 374. The van der Waals surface area contributed by atoms with Crippen LogP contribution in [0.5, 0.6) is 0 Å². The average Bonchev–Trinajstić information content (AvgIpc) is 2.03. The van der Waals surface area contributed by atoms with Crippen LogP contribution in [0.1, 0.15) is 5.56 Å². The number of hydrogen-bond acceptors (Lipinski definition) is 1. The normalized spacial score (nSPS) is 8.69. The van der Waals surface area contributed by atoms with Gasteiger partial charge in [-0.3, -0.25) is 0 Å². The molecule has 0 aliphatic rings. The predicted molar refractivity (Wildman–Crippen MR) is 45.5 cm³/mol. The Morgan fingerprint density at radius 3 is 2.92 bits per heavy atom. The molecule has 0 radical (unpaired) electrons. The smallest absolute Gasteiger partial charge is 0.381 e. The van der Waals surface area contributed by atoms with Gasteiger partial charge in [0.25, 0.3) is 0 Å². The zero-order chi connectivity index (χ0) is 9.68. The van der Waals surface area contributed by atoms with Crippen molar-refractivity contribution in [2.45, 2.75) is 6.42 Å². The molecule has 1 rings (SSSR count). The average molecular weight is 178 g/mol. The predicted octanol–water partition coefficient (Wildman–Crippen LogP) is 1.46. The molecule has 0 saturated carbocycles. The summed E-state index contributed by atoms with van der Waals surface area (Å²) in [5.41, 5.74) is 0.675. The standard InChI is InChI=1S/C10H7FO2/c11-9-5-1-3-8(7-9)4-2-6-10(12)13/h1,3,5,7H,4H2,(H,12,13). The van der Waals surface area contributed by atoms with E-state index in [0.717, 1.165) is 0 Å². The van der Waals surface area contributed by atoms with Gasteiger partial charge in [0.05, 0.1) is 0 Å². The first-order chi connectivity index (χ1) is 6.18. The van der Waals surface area contributed by atoms with Gasteiger partial charge in [-0.1, -0.05) is 18.1 Å². The number of aliphatic carboxylic acids is 1. The molecule has 1 aromatic carbocycles. The third-order valence-corrected chi connectivity index (χ3v) is 1.38. The Labute approximate surface area is 75.0 Å². The first kappa shape index (κ1) is 9.27. The molecule has 0 unspecified atom stereocenters. The minimum atomic E-state index is -1.17. The summed E-state index contributed by atoms with van der Waals surface area (Å²) in [6.07, 6.45) is 0.254. The van der Waals surface area contributed by atoms with Crippen LogP contribution in [0.3, 0.4) is 0 Å². The Kier molecular flexibility index (Phi) is 3.04. The number of carboxylic acids is 1. The van der Waals surface area contributed by atoms with Gasteiger partial charge in [0.15, 0.2) is 0 Å². The largest absolute Gasteiger partial charge is 0.472 e. The summed E-state index contributed by atoms with van der Waals surface area (Å²) in [6.45, 7) is 0. The van der Waals surface area contributed by atoms with Gasteiger partial charge in [-0.25, -0.2) is 9.18 Å². The van der Waals surface area contributed by atoms with Crippen molar-refractivity contribution in [2.24, 2.45) is 0 Å². The molecule has 0 heterocycles. The lowest BCUT2D eigenvalue weighted by Crippen LogP contribution is -1.88. The quantitative estimate of drug-likeness (QED) is 0.661. The van der Waals surface area contributed by atoms with Crippen LogP contribution in [0.25, 0.3) is 0 Å². The van der Waals surface area contributed by atoms with Gasteiger partial charge in [-0.2, -0.15) is 0 Å². The van der Waals surface area contributed by atoms with Gasteiger partial charge in [-0.15, -0.1) is 0 Å². The van der Waals surface area contributed by atoms with E-state index in [2.05, 4.69) is 5.92 Å². The van der Waals surface area contributed by atoms with Crippen LogP contribution in [-0.2, 0) is 11.2 Å². The van der Waals surface area contributed by atoms with E-state index in [4.69, 9.17) is 5.11 Å². The molecule has 0 fully saturated rings. The highest BCUT2D eigenvalue weighted by molar-refractivity contribution is 5.86. The lowest BCUT2D eigenvalue weighted by molar-refractivity contribution is -0.130. The maximum atomic E-state index is 12.6. The molecular formula is C10H7FO2. The number of carbonyl (C=O) groups is 1. The summed E-state index contributed by atoms with van der Waals surface area (Å²) in [5, 5.41) is 8.20. The van der Waals surface area contributed by atoms with E-state index >= 15 is 0 Å². The number of halogens is 1. The van der Waals surface area contributed by atoms with Crippen LogP contribution in [-0.4, -0.2) is 11.1 Å². The summed E-state index contributed by atoms with van der Waals surface area (Å²) in [7, 11) is 0. The van der Waals surface area contributed by atoms with Crippen LogP contribution in [0.4, 0.5) is 4.39 Å². The van der Waals surface area contributed by atoms with Crippen molar-refractivity contribution in [3.8, 4) is 11.8 Å². The number of rotatable bonds is 1. The molecule has 0 aliphatic heterocycles. The molecule has 0 aliphatic carbocycles. The molecule has 0 atom stereocenters. The molecule has 0 spiro atoms. The first-order valence-electron chi connectivity index (χ1n) is 3.65. The fourth-order valence-electron chi connectivity index (χ4n) is 0.869. The van der Waals surface area contributed by atoms with Crippen LogP contribution in [0, 0.1) is 17.7 Å². The molecule has 3 heteroatoms. The second kappa shape index (κ2) is 4.27. The molecular weight excluding hydrogens is 171 g/mol. The van der Waals surface area contributed by atoms with Crippen LogP contribution < -0.4 is 0 Å². The van der Waals surface area contributed by atoms with E-state index in [1.54, 1.807) is 12.1 Å². The van der Waals surface area contributed by atoms with Crippen molar-refractivity contribution >= 4 is 5.97 Å². The van der Waals surface area contributed by atoms with Gasteiger partial charge in [0.2, 0.25) is 0 Å². The molecule has 1 N–H and O–H groups in total. The number of carboxylic acid groups (broad SMARTS) is 1. The van der Waals surface area contributed by atoms with E-state index in [9.17, 15) is 9.18 Å². The highest BCUT2D eigenvalue weighted by Crippen LogP contribution is 2.03. The summed E-state index contributed by atoms with van der Waals surface area (Å²) in [5.74, 6) is 2.86. The molecule has 66 valence electrons. The van der Waals surface area contributed by atoms with Crippen molar-refractivity contribution in [1.82, 2.24) is 0 Å². The molecule has 13 heavy (non-hydrogen) atoms. The fraction of sp³-hybridized carbons (Fsp3) is 0.100. The van der Waals surface area contributed by atoms with E-state index < -0.39 is 5.97 Å². The Hall–Kier alpha value is -1.82. The molecule has 0 aromatic heterocycles. The van der Waals surface area contributed by atoms with Crippen LogP contribution in [0.15, 0.2) is 24.3 Å². The van der Waals surface area contributed by atoms with E-state index in [1.807, 2.05) is 5.92 Å². The highest BCUT2D eigenvalue weighted by Gasteiger charge is 1.92. The summed E-state index contributed by atoms with van der Waals surface area (Å²) >= 11 is 0. The first-order valence-corrected chi connectivity index (χ1v) is 3.65. The lowest BCUT2D eigenvalue weighted by Gasteiger charge is -1.92. The van der Waals surface area contributed by atoms with E-state index in [0.29, 0.717) is 5.56 Å². The molecule has 0 saturated heterocycles. The second-order valence-corrected chi connectivity index (χ2v) is 2.41. The van der Waals surface area contributed by atoms with Crippen LogP contribution in [0.2, 0.25) is 0 Å². The third-order valence-electron chi connectivity index (χ3n) is 1.38. The Morgan fingerprint density at radius 1 is 1.54 bits per heavy atom. The SMILES string of the molecule is O=C(O)C#CCc1cccc(F)c1. The van der Waals surface area contributed by atoms with E-state index in [-0.39, 0.29) is 12.2 Å². The minimum absolute atomic E-state index is 0.254. The number of benzene rings is 1.